The van der Waals surface area contributed by atoms with E-state index in [4.69, 9.17) is 11.6 Å². The first-order chi connectivity index (χ1) is 6.59. The zero-order valence-corrected chi connectivity index (χ0v) is 9.72. The lowest BCUT2D eigenvalue weighted by Crippen LogP contribution is -2.15. The lowest BCUT2D eigenvalue weighted by atomic mass is 10.3. The Hall–Kier alpha value is -0.320. The molecule has 78 valence electrons. The van der Waals surface area contributed by atoms with Crippen molar-refractivity contribution in [1.82, 2.24) is 10.2 Å². The third-order valence-electron chi connectivity index (χ3n) is 1.86. The molecule has 0 aromatic carbocycles. The van der Waals surface area contributed by atoms with Gasteiger partial charge in [0.05, 0.1) is 11.8 Å². The molecule has 1 rings (SSSR count). The van der Waals surface area contributed by atoms with E-state index in [1.807, 2.05) is 13.0 Å². The minimum absolute atomic E-state index is 0.201. The summed E-state index contributed by atoms with van der Waals surface area (Å²) in [7, 11) is 0. The van der Waals surface area contributed by atoms with Gasteiger partial charge in [0.15, 0.2) is 5.15 Å². The standard InChI is InChI=1S/C9H13ClN2OS/c1-6(13)7(2)14-5-8-3-4-9(10)12-11-8/h3-4,6-7,13H,5H2,1-2H3. The molecule has 3 nitrogen and oxygen atoms in total. The Kier molecular flexibility index (Phi) is 4.65. The monoisotopic (exact) mass is 232 g/mol. The largest absolute Gasteiger partial charge is 0.392 e. The van der Waals surface area contributed by atoms with Gasteiger partial charge in [-0.2, -0.15) is 5.10 Å². The van der Waals surface area contributed by atoms with Crippen LogP contribution in [0.2, 0.25) is 5.15 Å². The summed E-state index contributed by atoms with van der Waals surface area (Å²) in [6.45, 7) is 3.77. The molecule has 1 aromatic heterocycles. The topological polar surface area (TPSA) is 46.0 Å². The average molecular weight is 233 g/mol. The maximum Gasteiger partial charge on any atom is 0.151 e. The summed E-state index contributed by atoms with van der Waals surface area (Å²) in [5.41, 5.74) is 0.881. The highest BCUT2D eigenvalue weighted by atomic mass is 35.5. The van der Waals surface area contributed by atoms with Crippen LogP contribution in [0, 0.1) is 0 Å². The van der Waals surface area contributed by atoms with Gasteiger partial charge in [-0.3, -0.25) is 0 Å². The Morgan fingerprint density at radius 2 is 2.14 bits per heavy atom. The number of nitrogens with zero attached hydrogens (tertiary/aromatic N) is 2. The van der Waals surface area contributed by atoms with Crippen LogP contribution in [0.4, 0.5) is 0 Å². The van der Waals surface area contributed by atoms with Crippen LogP contribution in [-0.2, 0) is 5.75 Å². The SMILES string of the molecule is CC(O)C(C)SCc1ccc(Cl)nn1. The number of aromatic nitrogens is 2. The molecule has 1 heterocycles. The number of aliphatic hydroxyl groups is 1. The predicted molar refractivity (Wildman–Crippen MR) is 59.5 cm³/mol. The Morgan fingerprint density at radius 1 is 1.43 bits per heavy atom. The molecule has 0 saturated heterocycles. The molecule has 1 aromatic rings. The van der Waals surface area contributed by atoms with Gasteiger partial charge < -0.3 is 5.11 Å². The van der Waals surface area contributed by atoms with Crippen molar-refractivity contribution in [2.45, 2.75) is 31.0 Å². The summed E-state index contributed by atoms with van der Waals surface area (Å²) in [5, 5.41) is 17.5. The molecule has 0 aliphatic carbocycles. The minimum atomic E-state index is -0.305. The molecule has 0 amide bonds. The van der Waals surface area contributed by atoms with E-state index in [0.29, 0.717) is 5.15 Å². The molecule has 0 radical (unpaired) electrons. The van der Waals surface area contributed by atoms with Crippen molar-refractivity contribution >= 4 is 23.4 Å². The molecule has 0 bridgehead atoms. The van der Waals surface area contributed by atoms with Crippen LogP contribution in [0.25, 0.3) is 0 Å². The summed E-state index contributed by atoms with van der Waals surface area (Å²) in [6, 6.07) is 3.56. The number of rotatable bonds is 4. The molecule has 5 heteroatoms. The van der Waals surface area contributed by atoms with E-state index in [1.165, 1.54) is 0 Å². The van der Waals surface area contributed by atoms with Crippen LogP contribution in [0.3, 0.4) is 0 Å². The molecule has 2 unspecified atom stereocenters. The maximum atomic E-state index is 9.27. The molecule has 0 fully saturated rings. The van der Waals surface area contributed by atoms with Crippen molar-refractivity contribution in [1.29, 1.82) is 0 Å². The van der Waals surface area contributed by atoms with Crippen molar-refractivity contribution in [2.24, 2.45) is 0 Å². The molecular formula is C9H13ClN2OS. The summed E-state index contributed by atoms with van der Waals surface area (Å²) in [6.07, 6.45) is -0.305. The molecule has 0 aliphatic heterocycles. The van der Waals surface area contributed by atoms with Gasteiger partial charge in [0.25, 0.3) is 0 Å². The van der Waals surface area contributed by atoms with Crippen molar-refractivity contribution in [3.05, 3.63) is 23.0 Å². The molecule has 1 N–H and O–H groups in total. The van der Waals surface area contributed by atoms with Gasteiger partial charge in [-0.25, -0.2) is 0 Å². The molecule has 14 heavy (non-hydrogen) atoms. The molecule has 0 aliphatic rings. The first kappa shape index (κ1) is 11.8. The van der Waals surface area contributed by atoms with E-state index >= 15 is 0 Å². The summed E-state index contributed by atoms with van der Waals surface area (Å²) in [5.74, 6) is 0.746. The second kappa shape index (κ2) is 5.53. The highest BCUT2D eigenvalue weighted by Gasteiger charge is 2.09. The lowest BCUT2D eigenvalue weighted by Gasteiger charge is -2.13. The summed E-state index contributed by atoms with van der Waals surface area (Å²) in [4.78, 5) is 0. The van der Waals surface area contributed by atoms with Crippen LogP contribution in [0.1, 0.15) is 19.5 Å². The third kappa shape index (κ3) is 3.82. The number of aliphatic hydroxyl groups excluding tert-OH is 1. The van der Waals surface area contributed by atoms with Crippen LogP contribution in [-0.4, -0.2) is 26.7 Å². The van der Waals surface area contributed by atoms with Gasteiger partial charge in [0.2, 0.25) is 0 Å². The Labute approximate surface area is 92.9 Å². The first-order valence-corrected chi connectivity index (χ1v) is 5.80. The van der Waals surface area contributed by atoms with Crippen LogP contribution >= 0.6 is 23.4 Å². The third-order valence-corrected chi connectivity index (χ3v) is 3.44. The highest BCUT2D eigenvalue weighted by Crippen LogP contribution is 2.18. The zero-order chi connectivity index (χ0) is 10.6. The molecule has 0 saturated carbocycles. The number of hydrogen-bond donors (Lipinski definition) is 1. The summed E-state index contributed by atoms with van der Waals surface area (Å²) >= 11 is 7.25. The lowest BCUT2D eigenvalue weighted by molar-refractivity contribution is 0.196. The van der Waals surface area contributed by atoms with Gasteiger partial charge in [0, 0.05) is 11.0 Å². The van der Waals surface area contributed by atoms with Crippen molar-refractivity contribution < 1.29 is 5.11 Å². The van der Waals surface area contributed by atoms with E-state index in [1.54, 1.807) is 24.8 Å². The first-order valence-electron chi connectivity index (χ1n) is 4.37. The summed E-state index contributed by atoms with van der Waals surface area (Å²) < 4.78 is 0. The van der Waals surface area contributed by atoms with Gasteiger partial charge in [-0.05, 0) is 19.1 Å². The second-order valence-corrected chi connectivity index (χ2v) is 4.86. The van der Waals surface area contributed by atoms with E-state index in [-0.39, 0.29) is 11.4 Å². The van der Waals surface area contributed by atoms with Crippen LogP contribution < -0.4 is 0 Å². The number of hydrogen-bond acceptors (Lipinski definition) is 4. The fraction of sp³-hybridized carbons (Fsp3) is 0.556. The minimum Gasteiger partial charge on any atom is -0.392 e. The van der Waals surface area contributed by atoms with Gasteiger partial charge in [-0.15, -0.1) is 16.9 Å². The van der Waals surface area contributed by atoms with E-state index in [0.717, 1.165) is 11.4 Å². The van der Waals surface area contributed by atoms with Gasteiger partial charge in [-0.1, -0.05) is 18.5 Å². The Morgan fingerprint density at radius 3 is 2.64 bits per heavy atom. The fourth-order valence-electron chi connectivity index (χ4n) is 0.777. The molecular weight excluding hydrogens is 220 g/mol. The highest BCUT2D eigenvalue weighted by molar-refractivity contribution is 7.99. The van der Waals surface area contributed by atoms with Crippen LogP contribution in [0.15, 0.2) is 12.1 Å². The van der Waals surface area contributed by atoms with E-state index in [9.17, 15) is 5.11 Å². The van der Waals surface area contributed by atoms with Gasteiger partial charge >= 0.3 is 0 Å². The Balaban J connectivity index is 2.42. The van der Waals surface area contributed by atoms with E-state index < -0.39 is 0 Å². The van der Waals surface area contributed by atoms with Gasteiger partial charge in [0.1, 0.15) is 0 Å². The predicted octanol–water partition coefficient (Wildman–Crippen LogP) is 2.13. The van der Waals surface area contributed by atoms with E-state index in [2.05, 4.69) is 10.2 Å². The number of thioether (sulfide) groups is 1. The fourth-order valence-corrected chi connectivity index (χ4v) is 1.74. The number of halogens is 1. The second-order valence-electron chi connectivity index (χ2n) is 3.10. The zero-order valence-electron chi connectivity index (χ0n) is 8.14. The average Bonchev–Trinajstić information content (AvgIpc) is 2.16. The van der Waals surface area contributed by atoms with Crippen molar-refractivity contribution in [3.63, 3.8) is 0 Å². The molecule has 2 atom stereocenters. The van der Waals surface area contributed by atoms with Crippen molar-refractivity contribution in [2.75, 3.05) is 0 Å². The normalized spacial score (nSPS) is 15.1. The smallest absolute Gasteiger partial charge is 0.151 e. The Bertz CT molecular complexity index is 279. The quantitative estimate of drug-likeness (QED) is 0.864. The van der Waals surface area contributed by atoms with Crippen LogP contribution in [0.5, 0.6) is 0 Å². The molecule has 0 spiro atoms. The maximum absolute atomic E-state index is 9.27. The van der Waals surface area contributed by atoms with Crippen molar-refractivity contribution in [3.8, 4) is 0 Å².